The second kappa shape index (κ2) is 6.91. The second-order valence-corrected chi connectivity index (χ2v) is 5.10. The third kappa shape index (κ3) is 3.54. The summed E-state index contributed by atoms with van der Waals surface area (Å²) in [5.74, 6) is 1.18. The zero-order valence-corrected chi connectivity index (χ0v) is 10.7. The molecule has 0 aliphatic rings. The molecule has 2 unspecified atom stereocenters. The summed E-state index contributed by atoms with van der Waals surface area (Å²) in [6.45, 7) is 4.49. The van der Waals surface area contributed by atoms with Gasteiger partial charge in [-0.2, -0.15) is 11.8 Å². The van der Waals surface area contributed by atoms with Crippen molar-refractivity contribution in [2.45, 2.75) is 31.6 Å². The summed E-state index contributed by atoms with van der Waals surface area (Å²) >= 11 is 2.04. The van der Waals surface area contributed by atoms with Crippen LogP contribution in [0.15, 0.2) is 30.3 Å². The van der Waals surface area contributed by atoms with Crippen molar-refractivity contribution in [1.29, 1.82) is 0 Å². The molecule has 0 saturated carbocycles. The smallest absolute Gasteiger partial charge is 0.0438 e. The first-order valence-electron chi connectivity index (χ1n) is 5.67. The van der Waals surface area contributed by atoms with Crippen LogP contribution in [0.1, 0.15) is 31.9 Å². The van der Waals surface area contributed by atoms with E-state index < -0.39 is 0 Å². The fourth-order valence-electron chi connectivity index (χ4n) is 1.89. The first-order valence-corrected chi connectivity index (χ1v) is 6.72. The minimum atomic E-state index is 0.473. The highest BCUT2D eigenvalue weighted by Crippen LogP contribution is 2.28. The molecule has 0 aliphatic heterocycles. The summed E-state index contributed by atoms with van der Waals surface area (Å²) in [6.07, 6.45) is 1.21. The Labute approximate surface area is 97.7 Å². The molecular weight excluding hydrogens is 202 g/mol. The Morgan fingerprint density at radius 3 is 2.33 bits per heavy atom. The van der Waals surface area contributed by atoms with Crippen LogP contribution < -0.4 is 5.32 Å². The largest absolute Gasteiger partial charge is 0.312 e. The number of benzene rings is 1. The molecule has 1 rings (SSSR count). The van der Waals surface area contributed by atoms with Gasteiger partial charge in [-0.05, 0) is 24.8 Å². The molecular formula is C13H21NS. The first kappa shape index (κ1) is 12.6. The Bertz CT molecular complexity index is 260. The van der Waals surface area contributed by atoms with Gasteiger partial charge in [0.15, 0.2) is 0 Å². The molecule has 0 aromatic heterocycles. The van der Waals surface area contributed by atoms with Crippen LogP contribution in [-0.4, -0.2) is 18.1 Å². The summed E-state index contributed by atoms with van der Waals surface area (Å²) in [5, 5.41) is 4.10. The summed E-state index contributed by atoms with van der Waals surface area (Å²) in [5.41, 5.74) is 1.40. The topological polar surface area (TPSA) is 12.0 Å². The lowest BCUT2D eigenvalue weighted by molar-refractivity contribution is 0.556. The van der Waals surface area contributed by atoms with Crippen LogP contribution in [0.25, 0.3) is 0 Å². The lowest BCUT2D eigenvalue weighted by atomic mass is 10.0. The normalized spacial score (nSPS) is 14.9. The van der Waals surface area contributed by atoms with E-state index in [1.54, 1.807) is 0 Å². The Hall–Kier alpha value is -0.470. The quantitative estimate of drug-likeness (QED) is 0.792. The number of rotatable bonds is 6. The number of hydrogen-bond donors (Lipinski definition) is 1. The molecule has 2 heteroatoms. The fraction of sp³-hybridized carbons (Fsp3) is 0.538. The minimum Gasteiger partial charge on any atom is -0.312 e. The Morgan fingerprint density at radius 1 is 1.20 bits per heavy atom. The minimum absolute atomic E-state index is 0.473. The monoisotopic (exact) mass is 223 g/mol. The molecule has 1 nitrogen and oxygen atoms in total. The maximum absolute atomic E-state index is 3.43. The maximum atomic E-state index is 3.43. The average molecular weight is 223 g/mol. The van der Waals surface area contributed by atoms with Crippen LogP contribution in [0.2, 0.25) is 0 Å². The standard InChI is InChI=1S/C13H21NS/c1-4-12(15-5-2)13(14-3)11-9-7-6-8-10-11/h6-10,12-14H,4-5H2,1-3H3. The van der Waals surface area contributed by atoms with E-state index in [1.807, 2.05) is 11.8 Å². The summed E-state index contributed by atoms with van der Waals surface area (Å²) in [7, 11) is 2.05. The summed E-state index contributed by atoms with van der Waals surface area (Å²) in [4.78, 5) is 0. The molecule has 0 spiro atoms. The second-order valence-electron chi connectivity index (χ2n) is 3.58. The van der Waals surface area contributed by atoms with Gasteiger partial charge in [0.2, 0.25) is 0 Å². The molecule has 0 bridgehead atoms. The lowest BCUT2D eigenvalue weighted by Crippen LogP contribution is -2.27. The van der Waals surface area contributed by atoms with Gasteiger partial charge >= 0.3 is 0 Å². The van der Waals surface area contributed by atoms with Gasteiger partial charge < -0.3 is 5.32 Å². The van der Waals surface area contributed by atoms with Gasteiger partial charge in [0.25, 0.3) is 0 Å². The van der Waals surface area contributed by atoms with E-state index in [0.29, 0.717) is 11.3 Å². The third-order valence-electron chi connectivity index (χ3n) is 2.62. The summed E-state index contributed by atoms with van der Waals surface area (Å²) in [6, 6.07) is 11.2. The lowest BCUT2D eigenvalue weighted by Gasteiger charge is -2.25. The fourth-order valence-corrected chi connectivity index (χ4v) is 3.04. The van der Waals surface area contributed by atoms with E-state index in [2.05, 4.69) is 56.5 Å². The molecule has 0 saturated heterocycles. The van der Waals surface area contributed by atoms with Gasteiger partial charge in [-0.3, -0.25) is 0 Å². The number of hydrogen-bond acceptors (Lipinski definition) is 2. The van der Waals surface area contributed by atoms with Crippen molar-refractivity contribution >= 4 is 11.8 Å². The van der Waals surface area contributed by atoms with E-state index in [0.717, 1.165) is 0 Å². The van der Waals surface area contributed by atoms with Crippen LogP contribution in [0, 0.1) is 0 Å². The van der Waals surface area contributed by atoms with Crippen LogP contribution in [-0.2, 0) is 0 Å². The average Bonchev–Trinajstić information content (AvgIpc) is 2.30. The highest BCUT2D eigenvalue weighted by molar-refractivity contribution is 7.99. The molecule has 1 N–H and O–H groups in total. The Morgan fingerprint density at radius 2 is 1.87 bits per heavy atom. The molecule has 0 fully saturated rings. The SMILES string of the molecule is CCSC(CC)C(NC)c1ccccc1. The third-order valence-corrected chi connectivity index (χ3v) is 3.99. The van der Waals surface area contributed by atoms with Gasteiger partial charge in [0, 0.05) is 11.3 Å². The van der Waals surface area contributed by atoms with Gasteiger partial charge in [-0.25, -0.2) is 0 Å². The molecule has 0 aliphatic carbocycles. The predicted molar refractivity (Wildman–Crippen MR) is 70.5 cm³/mol. The van der Waals surface area contributed by atoms with Crippen molar-refractivity contribution in [2.75, 3.05) is 12.8 Å². The molecule has 84 valence electrons. The zero-order valence-electron chi connectivity index (χ0n) is 9.86. The molecule has 1 aromatic rings. The first-order chi connectivity index (χ1) is 7.33. The van der Waals surface area contributed by atoms with Crippen molar-refractivity contribution in [3.63, 3.8) is 0 Å². The van der Waals surface area contributed by atoms with E-state index in [9.17, 15) is 0 Å². The molecule has 0 radical (unpaired) electrons. The number of thioether (sulfide) groups is 1. The van der Waals surface area contributed by atoms with Gasteiger partial charge in [-0.15, -0.1) is 0 Å². The van der Waals surface area contributed by atoms with Crippen molar-refractivity contribution in [1.82, 2.24) is 5.32 Å². The number of nitrogens with one attached hydrogen (secondary N) is 1. The van der Waals surface area contributed by atoms with E-state index in [-0.39, 0.29) is 0 Å². The van der Waals surface area contributed by atoms with Crippen LogP contribution >= 0.6 is 11.8 Å². The Kier molecular flexibility index (Phi) is 5.81. The van der Waals surface area contributed by atoms with Gasteiger partial charge in [0.1, 0.15) is 0 Å². The molecule has 15 heavy (non-hydrogen) atoms. The molecule has 1 aromatic carbocycles. The predicted octanol–water partition coefficient (Wildman–Crippen LogP) is 3.48. The summed E-state index contributed by atoms with van der Waals surface area (Å²) < 4.78 is 0. The molecule has 0 heterocycles. The van der Waals surface area contributed by atoms with Crippen molar-refractivity contribution in [2.24, 2.45) is 0 Å². The zero-order chi connectivity index (χ0) is 11.1. The van der Waals surface area contributed by atoms with Gasteiger partial charge in [-0.1, -0.05) is 44.2 Å². The molecule has 2 atom stereocenters. The van der Waals surface area contributed by atoms with Crippen molar-refractivity contribution in [3.05, 3.63) is 35.9 Å². The maximum Gasteiger partial charge on any atom is 0.0438 e. The van der Waals surface area contributed by atoms with Crippen LogP contribution in [0.3, 0.4) is 0 Å². The van der Waals surface area contributed by atoms with E-state index in [4.69, 9.17) is 0 Å². The van der Waals surface area contributed by atoms with Crippen LogP contribution in [0.4, 0.5) is 0 Å². The Balaban J connectivity index is 2.77. The van der Waals surface area contributed by atoms with Crippen molar-refractivity contribution in [3.8, 4) is 0 Å². The van der Waals surface area contributed by atoms with Crippen molar-refractivity contribution < 1.29 is 0 Å². The highest BCUT2D eigenvalue weighted by atomic mass is 32.2. The van der Waals surface area contributed by atoms with E-state index >= 15 is 0 Å². The van der Waals surface area contributed by atoms with Gasteiger partial charge in [0.05, 0.1) is 0 Å². The molecule has 0 amide bonds. The highest BCUT2D eigenvalue weighted by Gasteiger charge is 2.19. The van der Waals surface area contributed by atoms with E-state index in [1.165, 1.54) is 17.7 Å². The van der Waals surface area contributed by atoms with Crippen LogP contribution in [0.5, 0.6) is 0 Å².